The minimum atomic E-state index is -0.251. The molecule has 0 spiro atoms. The van der Waals surface area contributed by atoms with Crippen molar-refractivity contribution in [3.63, 3.8) is 0 Å². The van der Waals surface area contributed by atoms with Crippen LogP contribution in [0.25, 0.3) is 10.9 Å². The second-order valence-electron chi connectivity index (χ2n) is 8.38. The van der Waals surface area contributed by atoms with E-state index in [1.54, 1.807) is 6.07 Å². The number of nitrogens with zero attached hydrogens (tertiary/aromatic N) is 3. The normalized spacial score (nSPS) is 17.0. The molecule has 0 amide bonds. The van der Waals surface area contributed by atoms with Gasteiger partial charge in [0, 0.05) is 29.6 Å². The van der Waals surface area contributed by atoms with Crippen LogP contribution in [0.2, 0.25) is 0 Å². The van der Waals surface area contributed by atoms with Crippen LogP contribution in [0.3, 0.4) is 0 Å². The number of benzene rings is 2. The molecule has 0 saturated carbocycles. The SMILES string of the molecule is CC(C)[C@H]1c2[nH]c3ccccc3c2CCN1Cc1nc(Cc2cccc(F)c2)no1. The summed E-state index contributed by atoms with van der Waals surface area (Å²) in [6.07, 6.45) is 1.45. The largest absolute Gasteiger partial charge is 0.357 e. The molecular weight excluding hydrogens is 379 g/mol. The van der Waals surface area contributed by atoms with E-state index in [1.165, 1.54) is 34.3 Å². The van der Waals surface area contributed by atoms with Gasteiger partial charge in [-0.3, -0.25) is 4.90 Å². The first-order valence-corrected chi connectivity index (χ1v) is 10.5. The molecule has 1 atom stereocenters. The molecule has 0 unspecified atom stereocenters. The Bertz CT molecular complexity index is 1180. The summed E-state index contributed by atoms with van der Waals surface area (Å²) in [7, 11) is 0. The van der Waals surface area contributed by atoms with Gasteiger partial charge in [0.15, 0.2) is 5.82 Å². The minimum Gasteiger partial charge on any atom is -0.357 e. The average molecular weight is 404 g/mol. The Labute approximate surface area is 174 Å². The van der Waals surface area contributed by atoms with Gasteiger partial charge in [-0.2, -0.15) is 4.98 Å². The standard InChI is InChI=1S/C24H25FN4O/c1-15(2)24-23-19(18-8-3-4-9-20(18)26-23)10-11-29(24)14-22-27-21(28-30-22)13-16-6-5-7-17(25)12-16/h3-9,12,15,24,26H,10-11,13-14H2,1-2H3/t24-/m0/s1. The van der Waals surface area contributed by atoms with Crippen LogP contribution < -0.4 is 0 Å². The van der Waals surface area contributed by atoms with Crippen LogP contribution >= 0.6 is 0 Å². The molecule has 0 radical (unpaired) electrons. The quantitative estimate of drug-likeness (QED) is 0.506. The monoisotopic (exact) mass is 404 g/mol. The van der Waals surface area contributed by atoms with Crippen molar-refractivity contribution in [2.45, 2.75) is 39.3 Å². The number of hydrogen-bond donors (Lipinski definition) is 1. The van der Waals surface area contributed by atoms with E-state index in [2.05, 4.69) is 58.1 Å². The van der Waals surface area contributed by atoms with Gasteiger partial charge in [0.25, 0.3) is 0 Å². The summed E-state index contributed by atoms with van der Waals surface area (Å²) in [6, 6.07) is 15.3. The van der Waals surface area contributed by atoms with E-state index in [0.29, 0.717) is 30.6 Å². The molecule has 30 heavy (non-hydrogen) atoms. The second kappa shape index (κ2) is 7.69. The first-order valence-electron chi connectivity index (χ1n) is 10.5. The van der Waals surface area contributed by atoms with Gasteiger partial charge in [0.2, 0.25) is 5.89 Å². The Balaban J connectivity index is 1.38. The van der Waals surface area contributed by atoms with Gasteiger partial charge in [0.05, 0.1) is 12.6 Å². The van der Waals surface area contributed by atoms with Gasteiger partial charge < -0.3 is 9.51 Å². The van der Waals surface area contributed by atoms with Gasteiger partial charge in [-0.15, -0.1) is 0 Å². The van der Waals surface area contributed by atoms with Crippen molar-refractivity contribution in [1.29, 1.82) is 0 Å². The first-order chi connectivity index (χ1) is 14.6. The molecule has 0 bridgehead atoms. The number of rotatable bonds is 5. The number of nitrogens with one attached hydrogen (secondary N) is 1. The summed E-state index contributed by atoms with van der Waals surface area (Å²) in [5, 5.41) is 5.44. The van der Waals surface area contributed by atoms with Crippen LogP contribution in [0, 0.1) is 11.7 Å². The maximum absolute atomic E-state index is 13.4. The molecule has 2 aromatic heterocycles. The first kappa shape index (κ1) is 19.0. The molecule has 1 aliphatic heterocycles. The zero-order valence-electron chi connectivity index (χ0n) is 17.2. The van der Waals surface area contributed by atoms with Crippen LogP contribution in [0.1, 0.15) is 48.4 Å². The van der Waals surface area contributed by atoms with E-state index < -0.39 is 0 Å². The Morgan fingerprint density at radius 2 is 2.07 bits per heavy atom. The highest BCUT2D eigenvalue weighted by atomic mass is 19.1. The number of aromatic amines is 1. The smallest absolute Gasteiger partial charge is 0.240 e. The molecule has 2 aromatic carbocycles. The maximum Gasteiger partial charge on any atom is 0.240 e. The number of halogens is 1. The highest BCUT2D eigenvalue weighted by molar-refractivity contribution is 5.85. The number of aromatic nitrogens is 3. The summed E-state index contributed by atoms with van der Waals surface area (Å²) in [5.74, 6) is 1.37. The molecule has 0 saturated heterocycles. The van der Waals surface area contributed by atoms with Crippen molar-refractivity contribution in [3.8, 4) is 0 Å². The van der Waals surface area contributed by atoms with E-state index in [-0.39, 0.29) is 11.9 Å². The van der Waals surface area contributed by atoms with E-state index in [1.807, 2.05) is 6.07 Å². The lowest BCUT2D eigenvalue weighted by molar-refractivity contribution is 0.117. The third-order valence-electron chi connectivity index (χ3n) is 5.92. The fourth-order valence-electron chi connectivity index (χ4n) is 4.68. The number of hydrogen-bond acceptors (Lipinski definition) is 4. The predicted octanol–water partition coefficient (Wildman–Crippen LogP) is 5.04. The van der Waals surface area contributed by atoms with E-state index in [0.717, 1.165) is 18.5 Å². The van der Waals surface area contributed by atoms with Crippen LogP contribution in [0.15, 0.2) is 53.1 Å². The van der Waals surface area contributed by atoms with Crippen molar-refractivity contribution >= 4 is 10.9 Å². The van der Waals surface area contributed by atoms with Crippen molar-refractivity contribution in [3.05, 3.63) is 82.9 Å². The van der Waals surface area contributed by atoms with Gasteiger partial charge in [-0.05, 0) is 41.7 Å². The molecule has 1 N–H and O–H groups in total. The number of H-pyrrole nitrogens is 1. The summed E-state index contributed by atoms with van der Waals surface area (Å²) >= 11 is 0. The van der Waals surface area contributed by atoms with Gasteiger partial charge in [-0.25, -0.2) is 4.39 Å². The third-order valence-corrected chi connectivity index (χ3v) is 5.92. The Hall–Kier alpha value is -2.99. The Morgan fingerprint density at radius 1 is 1.20 bits per heavy atom. The summed E-state index contributed by atoms with van der Waals surface area (Å²) in [4.78, 5) is 10.7. The highest BCUT2D eigenvalue weighted by Crippen LogP contribution is 2.38. The minimum absolute atomic E-state index is 0.251. The molecule has 4 aromatic rings. The highest BCUT2D eigenvalue weighted by Gasteiger charge is 2.33. The van der Waals surface area contributed by atoms with E-state index in [4.69, 9.17) is 4.52 Å². The average Bonchev–Trinajstić information content (AvgIpc) is 3.31. The molecule has 5 rings (SSSR count). The lowest BCUT2D eigenvalue weighted by Crippen LogP contribution is -2.37. The molecule has 1 aliphatic rings. The molecule has 0 fully saturated rings. The lowest BCUT2D eigenvalue weighted by atomic mass is 9.90. The van der Waals surface area contributed by atoms with Crippen LogP contribution in [-0.2, 0) is 19.4 Å². The van der Waals surface area contributed by atoms with E-state index >= 15 is 0 Å². The van der Waals surface area contributed by atoms with Gasteiger partial charge in [0.1, 0.15) is 5.82 Å². The molecule has 6 heteroatoms. The topological polar surface area (TPSA) is 58.0 Å². The molecule has 5 nitrogen and oxygen atoms in total. The molecule has 3 heterocycles. The van der Waals surface area contributed by atoms with Crippen molar-refractivity contribution < 1.29 is 8.91 Å². The van der Waals surface area contributed by atoms with Gasteiger partial charge >= 0.3 is 0 Å². The van der Waals surface area contributed by atoms with Crippen LogP contribution in [0.5, 0.6) is 0 Å². The molecule has 154 valence electrons. The van der Waals surface area contributed by atoms with Crippen LogP contribution in [-0.4, -0.2) is 26.6 Å². The van der Waals surface area contributed by atoms with E-state index in [9.17, 15) is 4.39 Å². The van der Waals surface area contributed by atoms with Crippen LogP contribution in [0.4, 0.5) is 4.39 Å². The summed E-state index contributed by atoms with van der Waals surface area (Å²) < 4.78 is 19.0. The molecule has 0 aliphatic carbocycles. The van der Waals surface area contributed by atoms with Crippen molar-refractivity contribution in [2.75, 3.05) is 6.54 Å². The van der Waals surface area contributed by atoms with Gasteiger partial charge in [-0.1, -0.05) is 49.3 Å². The lowest BCUT2D eigenvalue weighted by Gasteiger charge is -2.37. The fraction of sp³-hybridized carbons (Fsp3) is 0.333. The Morgan fingerprint density at radius 3 is 2.90 bits per heavy atom. The zero-order valence-corrected chi connectivity index (χ0v) is 17.2. The fourth-order valence-corrected chi connectivity index (χ4v) is 4.68. The second-order valence-corrected chi connectivity index (χ2v) is 8.38. The maximum atomic E-state index is 13.4. The number of fused-ring (bicyclic) bond motifs is 3. The summed E-state index contributed by atoms with van der Waals surface area (Å²) in [5.41, 5.74) is 4.77. The van der Waals surface area contributed by atoms with Crippen molar-refractivity contribution in [2.24, 2.45) is 5.92 Å². The predicted molar refractivity (Wildman–Crippen MR) is 113 cm³/mol. The van der Waals surface area contributed by atoms with Crippen molar-refractivity contribution in [1.82, 2.24) is 20.0 Å². The zero-order chi connectivity index (χ0) is 20.7. The Kier molecular flexibility index (Phi) is 4.87. The molecular formula is C24H25FN4O. The third kappa shape index (κ3) is 3.52. The summed E-state index contributed by atoms with van der Waals surface area (Å²) in [6.45, 7) is 6.05. The number of para-hydroxylation sites is 1.